The van der Waals surface area contributed by atoms with Crippen molar-refractivity contribution >= 4 is 5.91 Å². The maximum Gasteiger partial charge on any atom is 0.345 e. The van der Waals surface area contributed by atoms with E-state index in [1.54, 1.807) is 13.1 Å². The Bertz CT molecular complexity index is 505. The number of aryl methyl sites for hydroxylation is 1. The van der Waals surface area contributed by atoms with Crippen molar-refractivity contribution in [1.29, 1.82) is 0 Å². The lowest BCUT2D eigenvalue weighted by Gasteiger charge is -2.16. The van der Waals surface area contributed by atoms with Gasteiger partial charge >= 0.3 is 5.69 Å². The fourth-order valence-electron chi connectivity index (χ4n) is 1.92. The molecular weight excluding hydrogens is 236 g/mol. The highest BCUT2D eigenvalue weighted by molar-refractivity contribution is 5.76. The number of carbonyl (C=O) groups excluding carboxylic acids is 1. The summed E-state index contributed by atoms with van der Waals surface area (Å²) in [5, 5.41) is 6.64. The number of rotatable bonds is 4. The number of carbonyl (C=O) groups is 1. The van der Waals surface area contributed by atoms with Crippen molar-refractivity contribution < 1.29 is 9.53 Å². The monoisotopic (exact) mass is 252 g/mol. The topological polar surface area (TPSA) is 78.2 Å². The molecule has 0 radical (unpaired) electrons. The number of hydrogen-bond acceptors (Lipinski definition) is 4. The third-order valence-corrected chi connectivity index (χ3v) is 2.89. The highest BCUT2D eigenvalue weighted by Gasteiger charge is 2.27. The third kappa shape index (κ3) is 2.51. The van der Waals surface area contributed by atoms with Gasteiger partial charge in [-0.2, -0.15) is 5.10 Å². The van der Waals surface area contributed by atoms with Gasteiger partial charge in [0.2, 0.25) is 5.91 Å². The van der Waals surface area contributed by atoms with E-state index >= 15 is 0 Å². The van der Waals surface area contributed by atoms with E-state index in [0.717, 1.165) is 11.1 Å². The van der Waals surface area contributed by atoms with E-state index in [1.807, 2.05) is 0 Å². The van der Waals surface area contributed by atoms with Gasteiger partial charge < -0.3 is 10.1 Å². The molecule has 1 saturated heterocycles. The van der Waals surface area contributed by atoms with Crippen molar-refractivity contribution in [2.45, 2.75) is 25.1 Å². The maximum absolute atomic E-state index is 11.8. The van der Waals surface area contributed by atoms with E-state index in [-0.39, 0.29) is 30.3 Å². The number of aromatic nitrogens is 3. The van der Waals surface area contributed by atoms with Crippen molar-refractivity contribution in [2.24, 2.45) is 7.05 Å². The molecule has 2 atom stereocenters. The first-order valence-electron chi connectivity index (χ1n) is 5.74. The van der Waals surface area contributed by atoms with E-state index in [0.29, 0.717) is 6.61 Å². The lowest BCUT2D eigenvalue weighted by molar-refractivity contribution is -0.122. The molecule has 1 aliphatic heterocycles. The van der Waals surface area contributed by atoms with Crippen molar-refractivity contribution in [3.05, 3.63) is 29.5 Å². The summed E-state index contributed by atoms with van der Waals surface area (Å²) in [5.74, 6) is -0.252. The first-order valence-corrected chi connectivity index (χ1v) is 5.74. The molecule has 7 nitrogen and oxygen atoms in total. The number of amides is 1. The SMILES string of the molecule is C=C[C@@H]1OCC[C@H]1NC(=O)Cn1ncn(C)c1=O. The Morgan fingerprint density at radius 1 is 1.78 bits per heavy atom. The minimum absolute atomic E-state index is 0.0746. The molecule has 2 heterocycles. The zero-order chi connectivity index (χ0) is 13.1. The Hall–Kier alpha value is -1.89. The molecule has 1 aromatic rings. The van der Waals surface area contributed by atoms with Gasteiger partial charge in [-0.05, 0) is 6.42 Å². The Labute approximate surface area is 104 Å². The average molecular weight is 252 g/mol. The summed E-state index contributed by atoms with van der Waals surface area (Å²) in [6.45, 7) is 4.17. The summed E-state index contributed by atoms with van der Waals surface area (Å²) >= 11 is 0. The van der Waals surface area contributed by atoms with Gasteiger partial charge in [0.15, 0.2) is 0 Å². The summed E-state index contributed by atoms with van der Waals surface area (Å²) in [6, 6.07) is -0.0746. The summed E-state index contributed by atoms with van der Waals surface area (Å²) < 4.78 is 7.81. The predicted octanol–water partition coefficient (Wildman–Crippen LogP) is -0.958. The molecule has 98 valence electrons. The fraction of sp³-hybridized carbons (Fsp3) is 0.545. The lowest BCUT2D eigenvalue weighted by atomic mass is 10.1. The van der Waals surface area contributed by atoms with Crippen LogP contribution in [0.4, 0.5) is 0 Å². The fourth-order valence-corrected chi connectivity index (χ4v) is 1.92. The molecule has 0 bridgehead atoms. The first kappa shape index (κ1) is 12.6. The van der Waals surface area contributed by atoms with Crippen molar-refractivity contribution in [3.63, 3.8) is 0 Å². The predicted molar refractivity (Wildman–Crippen MR) is 64.0 cm³/mol. The van der Waals surface area contributed by atoms with Gasteiger partial charge in [0.05, 0.1) is 12.1 Å². The quantitative estimate of drug-likeness (QED) is 0.700. The molecule has 18 heavy (non-hydrogen) atoms. The molecular formula is C11H16N4O3. The molecule has 0 spiro atoms. The maximum atomic E-state index is 11.8. The van der Waals surface area contributed by atoms with Crippen LogP contribution in [0.3, 0.4) is 0 Å². The van der Waals surface area contributed by atoms with Crippen molar-refractivity contribution in [3.8, 4) is 0 Å². The second-order valence-electron chi connectivity index (χ2n) is 4.22. The Morgan fingerprint density at radius 2 is 2.56 bits per heavy atom. The lowest BCUT2D eigenvalue weighted by Crippen LogP contribution is -2.42. The normalized spacial score (nSPS) is 22.9. The summed E-state index contributed by atoms with van der Waals surface area (Å²) in [4.78, 5) is 23.3. The van der Waals surface area contributed by atoms with Crippen LogP contribution in [0.5, 0.6) is 0 Å². The van der Waals surface area contributed by atoms with E-state index in [1.165, 1.54) is 10.9 Å². The molecule has 7 heteroatoms. The second-order valence-corrected chi connectivity index (χ2v) is 4.22. The van der Waals surface area contributed by atoms with Gasteiger partial charge in [-0.15, -0.1) is 6.58 Å². The Morgan fingerprint density at radius 3 is 3.17 bits per heavy atom. The molecule has 1 fully saturated rings. The average Bonchev–Trinajstić information content (AvgIpc) is 2.91. The van der Waals surface area contributed by atoms with Crippen LogP contribution in [-0.2, 0) is 23.1 Å². The standard InChI is InChI=1S/C11H16N4O3/c1-3-9-8(4-5-18-9)13-10(16)6-15-11(17)14(2)7-12-15/h3,7-9H,1,4-6H2,2H3,(H,13,16)/t8-,9+/m1/s1. The molecule has 1 amide bonds. The summed E-state index contributed by atoms with van der Waals surface area (Å²) in [6.07, 6.45) is 3.64. The molecule has 1 N–H and O–H groups in total. The van der Waals surface area contributed by atoms with E-state index < -0.39 is 0 Å². The number of ether oxygens (including phenoxy) is 1. The number of nitrogens with zero attached hydrogens (tertiary/aromatic N) is 3. The van der Waals surface area contributed by atoms with Gasteiger partial charge in [-0.1, -0.05) is 6.08 Å². The van der Waals surface area contributed by atoms with Crippen LogP contribution in [0, 0.1) is 0 Å². The molecule has 0 unspecified atom stereocenters. The third-order valence-electron chi connectivity index (χ3n) is 2.89. The smallest absolute Gasteiger partial charge is 0.345 e. The van der Waals surface area contributed by atoms with Gasteiger partial charge in [0.25, 0.3) is 0 Å². The second kappa shape index (κ2) is 5.18. The Kier molecular flexibility index (Phi) is 3.61. The number of nitrogens with one attached hydrogen (secondary N) is 1. The van der Waals surface area contributed by atoms with Gasteiger partial charge in [0, 0.05) is 13.7 Å². The highest BCUT2D eigenvalue weighted by Crippen LogP contribution is 2.13. The van der Waals surface area contributed by atoms with Gasteiger partial charge in [-0.25, -0.2) is 9.48 Å². The number of hydrogen-bond donors (Lipinski definition) is 1. The van der Waals surface area contributed by atoms with E-state index in [9.17, 15) is 9.59 Å². The molecule has 0 aromatic carbocycles. The molecule has 1 aliphatic rings. The summed E-state index contributed by atoms with van der Waals surface area (Å²) in [5.41, 5.74) is -0.312. The van der Waals surface area contributed by atoms with Crippen molar-refractivity contribution in [2.75, 3.05) is 6.61 Å². The van der Waals surface area contributed by atoms with Crippen LogP contribution in [-0.4, -0.2) is 39.0 Å². The van der Waals surface area contributed by atoms with Gasteiger partial charge in [0.1, 0.15) is 12.9 Å². The van der Waals surface area contributed by atoms with Crippen LogP contribution in [0.2, 0.25) is 0 Å². The van der Waals surface area contributed by atoms with Crippen LogP contribution in [0.25, 0.3) is 0 Å². The molecule has 0 aliphatic carbocycles. The first-order chi connectivity index (χ1) is 8.61. The highest BCUT2D eigenvalue weighted by atomic mass is 16.5. The minimum atomic E-state index is -0.312. The minimum Gasteiger partial charge on any atom is -0.372 e. The largest absolute Gasteiger partial charge is 0.372 e. The molecule has 0 saturated carbocycles. The molecule has 2 rings (SSSR count). The van der Waals surface area contributed by atoms with Crippen LogP contribution < -0.4 is 11.0 Å². The van der Waals surface area contributed by atoms with Crippen LogP contribution in [0.15, 0.2) is 23.8 Å². The van der Waals surface area contributed by atoms with Crippen LogP contribution in [0.1, 0.15) is 6.42 Å². The zero-order valence-electron chi connectivity index (χ0n) is 10.2. The van der Waals surface area contributed by atoms with E-state index in [4.69, 9.17) is 4.74 Å². The summed E-state index contributed by atoms with van der Waals surface area (Å²) in [7, 11) is 1.59. The van der Waals surface area contributed by atoms with E-state index in [2.05, 4.69) is 17.0 Å². The Balaban J connectivity index is 1.95. The van der Waals surface area contributed by atoms with Crippen LogP contribution >= 0.6 is 0 Å². The van der Waals surface area contributed by atoms with Gasteiger partial charge in [-0.3, -0.25) is 9.36 Å². The zero-order valence-corrected chi connectivity index (χ0v) is 10.2. The van der Waals surface area contributed by atoms with Crippen molar-refractivity contribution in [1.82, 2.24) is 19.7 Å². The molecule has 1 aromatic heterocycles.